The SMILES string of the molecule is COC(=O)[C@@H](NC(=O)C[C@H](Cc1ccccc1)NC(=O)[C@H](CC(C)C)NC(=O)CNC(=O)[C@H]1CCCN1C(=O)[C@@H](NC(=O)C[C@H](Cc1ccccc1)NC(=O)[C@H](CC(C)C)NC(=O)OC(C)(C)C)C(C)C)C(C)C. The minimum absolute atomic E-state index is 0.0301. The summed E-state index contributed by atoms with van der Waals surface area (Å²) in [5.74, 6) is -4.97. The molecule has 1 fully saturated rings. The second kappa shape index (κ2) is 30.0. The number of ether oxygens (including phenoxy) is 2. The Balaban J connectivity index is 1.71. The first-order valence-corrected chi connectivity index (χ1v) is 26.0. The highest BCUT2D eigenvalue weighted by atomic mass is 16.6. The van der Waals surface area contributed by atoms with Crippen molar-refractivity contribution < 1.29 is 52.6 Å². The van der Waals surface area contributed by atoms with Gasteiger partial charge in [-0.2, -0.15) is 0 Å². The van der Waals surface area contributed by atoms with Crippen LogP contribution in [0.3, 0.4) is 0 Å². The number of nitrogens with zero attached hydrogens (tertiary/aromatic N) is 1. The van der Waals surface area contributed by atoms with Crippen molar-refractivity contribution in [1.29, 1.82) is 0 Å². The van der Waals surface area contributed by atoms with E-state index in [4.69, 9.17) is 9.47 Å². The summed E-state index contributed by atoms with van der Waals surface area (Å²) < 4.78 is 10.3. The molecule has 7 N–H and O–H groups in total. The zero-order valence-electron chi connectivity index (χ0n) is 45.6. The Morgan fingerprint density at radius 3 is 1.50 bits per heavy atom. The summed E-state index contributed by atoms with van der Waals surface area (Å²) in [6, 6.07) is 12.3. The summed E-state index contributed by atoms with van der Waals surface area (Å²) in [6.07, 6.45) is 0.798. The third-order valence-corrected chi connectivity index (χ3v) is 12.2. The predicted molar refractivity (Wildman–Crippen MR) is 281 cm³/mol. The Kier molecular flexibility index (Phi) is 25.0. The van der Waals surface area contributed by atoms with Crippen LogP contribution in [0.4, 0.5) is 4.79 Å². The van der Waals surface area contributed by atoms with Gasteiger partial charge in [-0.1, -0.05) is 116 Å². The molecule has 1 heterocycles. The number of esters is 1. The van der Waals surface area contributed by atoms with Crippen LogP contribution in [0, 0.1) is 23.7 Å². The standard InChI is InChI=1S/C55H84N8O11/c1-33(2)26-41(49(67)57-40(29-38-22-17-14-18-23-38)31-45(65)62-48(36(7)8)53(71)73-12)59-46(66)32-56-51(69)43-24-19-25-63(43)52(70)47(35(5)6)61-44(64)30-39(28-37-20-15-13-16-21-37)58-50(68)42(27-34(3)4)60-54(72)74-55(9,10)11/h13-18,20-23,33-36,39-43,47-48H,19,24-32H2,1-12H3,(H,56,69)(H,57,67)(H,58,68)(H,59,66)(H,60,72)(H,61,64)(H,62,65)/t39-,40-,41-,42-,43+,47-,48-/m0/s1. The first-order chi connectivity index (χ1) is 34.8. The van der Waals surface area contributed by atoms with Crippen molar-refractivity contribution >= 4 is 53.4 Å². The molecule has 0 aliphatic carbocycles. The lowest BCUT2D eigenvalue weighted by Gasteiger charge is -2.31. The van der Waals surface area contributed by atoms with Gasteiger partial charge in [0.1, 0.15) is 35.8 Å². The predicted octanol–water partition coefficient (Wildman–Crippen LogP) is 4.25. The Labute approximate surface area is 437 Å². The Morgan fingerprint density at radius 1 is 0.608 bits per heavy atom. The molecule has 74 heavy (non-hydrogen) atoms. The zero-order valence-corrected chi connectivity index (χ0v) is 45.6. The molecule has 19 heteroatoms. The van der Waals surface area contributed by atoms with Crippen molar-refractivity contribution in [3.63, 3.8) is 0 Å². The fourth-order valence-corrected chi connectivity index (χ4v) is 8.67. The maximum absolute atomic E-state index is 14.3. The summed E-state index contributed by atoms with van der Waals surface area (Å²) >= 11 is 0. The highest BCUT2D eigenvalue weighted by Crippen LogP contribution is 2.21. The van der Waals surface area contributed by atoms with Gasteiger partial charge in [-0.05, 0) is 94.1 Å². The zero-order chi connectivity index (χ0) is 55.3. The average Bonchev–Trinajstić information content (AvgIpc) is 3.81. The topological polar surface area (TPSA) is 260 Å². The fraction of sp³-hybridized carbons (Fsp3) is 0.618. The van der Waals surface area contributed by atoms with E-state index in [0.29, 0.717) is 19.3 Å². The summed E-state index contributed by atoms with van der Waals surface area (Å²) in [4.78, 5) is 123. The highest BCUT2D eigenvalue weighted by Gasteiger charge is 2.39. The van der Waals surface area contributed by atoms with E-state index < -0.39 is 114 Å². The molecule has 0 unspecified atom stereocenters. The van der Waals surface area contributed by atoms with Crippen molar-refractivity contribution in [2.45, 2.75) is 175 Å². The summed E-state index contributed by atoms with van der Waals surface area (Å²) in [5.41, 5.74) is 0.913. The Bertz CT molecular complexity index is 2180. The number of benzene rings is 2. The molecule has 0 bridgehead atoms. The van der Waals surface area contributed by atoms with Gasteiger partial charge < -0.3 is 51.6 Å². The monoisotopic (exact) mass is 1030 g/mol. The third-order valence-electron chi connectivity index (χ3n) is 12.2. The molecule has 410 valence electrons. The number of likely N-dealkylation sites (tertiary alicyclic amines) is 1. The molecule has 1 aliphatic rings. The molecule has 3 rings (SSSR count). The van der Waals surface area contributed by atoms with Crippen LogP contribution in [0.1, 0.15) is 126 Å². The van der Waals surface area contributed by atoms with Gasteiger partial charge in [0.2, 0.25) is 41.4 Å². The quantitative estimate of drug-likeness (QED) is 0.0623. The normalized spacial score (nSPS) is 16.0. The van der Waals surface area contributed by atoms with Crippen molar-refractivity contribution in [2.24, 2.45) is 23.7 Å². The second-order valence-electron chi connectivity index (χ2n) is 21.8. The van der Waals surface area contributed by atoms with Crippen LogP contribution in [-0.2, 0) is 60.7 Å². The van der Waals surface area contributed by atoms with E-state index in [2.05, 4.69) is 37.2 Å². The van der Waals surface area contributed by atoms with E-state index in [1.807, 2.05) is 88.4 Å². The molecular weight excluding hydrogens is 949 g/mol. The minimum atomic E-state index is -1.04. The number of alkyl carbamates (subject to hydrolysis) is 1. The lowest BCUT2D eigenvalue weighted by Crippen LogP contribution is -2.57. The minimum Gasteiger partial charge on any atom is -0.467 e. The molecule has 1 aliphatic heterocycles. The van der Waals surface area contributed by atoms with Crippen molar-refractivity contribution in [1.82, 2.24) is 42.1 Å². The van der Waals surface area contributed by atoms with E-state index in [0.717, 1.165) is 11.1 Å². The largest absolute Gasteiger partial charge is 0.467 e. The van der Waals surface area contributed by atoms with Gasteiger partial charge in [-0.3, -0.25) is 33.6 Å². The number of carbonyl (C=O) groups excluding carboxylic acids is 9. The van der Waals surface area contributed by atoms with E-state index in [1.54, 1.807) is 48.5 Å². The number of hydrogen-bond acceptors (Lipinski definition) is 11. The van der Waals surface area contributed by atoms with Gasteiger partial charge in [0.05, 0.1) is 13.7 Å². The second-order valence-corrected chi connectivity index (χ2v) is 21.8. The molecule has 0 aromatic heterocycles. The fourth-order valence-electron chi connectivity index (χ4n) is 8.67. The molecule has 0 saturated carbocycles. The van der Waals surface area contributed by atoms with E-state index >= 15 is 0 Å². The van der Waals surface area contributed by atoms with Gasteiger partial charge in [0.25, 0.3) is 0 Å². The summed E-state index contributed by atoms with van der Waals surface area (Å²) in [5, 5.41) is 19.6. The Hall–Kier alpha value is -6.53. The first kappa shape index (κ1) is 61.8. The maximum atomic E-state index is 14.3. The van der Waals surface area contributed by atoms with Crippen LogP contribution in [0.15, 0.2) is 60.7 Å². The van der Waals surface area contributed by atoms with Gasteiger partial charge in [-0.15, -0.1) is 0 Å². The van der Waals surface area contributed by atoms with Crippen LogP contribution in [0.2, 0.25) is 0 Å². The average molecular weight is 1030 g/mol. The maximum Gasteiger partial charge on any atom is 0.408 e. The van der Waals surface area contributed by atoms with Crippen LogP contribution in [0.5, 0.6) is 0 Å². The number of carbonyl (C=O) groups is 9. The van der Waals surface area contributed by atoms with Crippen molar-refractivity contribution in [3.05, 3.63) is 71.8 Å². The van der Waals surface area contributed by atoms with E-state index in [1.165, 1.54) is 12.0 Å². The molecule has 2 aromatic rings. The summed E-state index contributed by atoms with van der Waals surface area (Å²) in [7, 11) is 1.24. The van der Waals surface area contributed by atoms with Crippen LogP contribution < -0.4 is 37.2 Å². The molecule has 8 amide bonds. The van der Waals surface area contributed by atoms with Gasteiger partial charge in [-0.25, -0.2) is 9.59 Å². The van der Waals surface area contributed by atoms with Crippen LogP contribution in [0.25, 0.3) is 0 Å². The van der Waals surface area contributed by atoms with Crippen molar-refractivity contribution in [2.75, 3.05) is 20.2 Å². The number of nitrogens with one attached hydrogen (secondary N) is 7. The molecule has 7 atom stereocenters. The van der Waals surface area contributed by atoms with Gasteiger partial charge in [0, 0.05) is 31.5 Å². The molecular formula is C55H84N8O11. The third kappa shape index (κ3) is 21.9. The number of rotatable bonds is 27. The molecule has 0 radical (unpaired) electrons. The highest BCUT2D eigenvalue weighted by molar-refractivity contribution is 5.95. The van der Waals surface area contributed by atoms with Crippen LogP contribution in [-0.4, -0.2) is 126 Å². The van der Waals surface area contributed by atoms with Gasteiger partial charge >= 0.3 is 12.1 Å². The number of amides is 8. The van der Waals surface area contributed by atoms with Gasteiger partial charge in [0.15, 0.2) is 0 Å². The first-order valence-electron chi connectivity index (χ1n) is 26.0. The van der Waals surface area contributed by atoms with Crippen molar-refractivity contribution in [3.8, 4) is 0 Å². The molecule has 0 spiro atoms. The number of methoxy groups -OCH3 is 1. The van der Waals surface area contributed by atoms with E-state index in [9.17, 15) is 43.2 Å². The molecule has 1 saturated heterocycles. The summed E-state index contributed by atoms with van der Waals surface area (Å²) in [6.45, 7) is 19.6. The number of hydrogen-bond donors (Lipinski definition) is 7. The molecule has 2 aromatic carbocycles. The van der Waals surface area contributed by atoms with E-state index in [-0.39, 0.29) is 56.4 Å². The van der Waals surface area contributed by atoms with Crippen LogP contribution >= 0.6 is 0 Å². The lowest BCUT2D eigenvalue weighted by atomic mass is 9.98. The lowest BCUT2D eigenvalue weighted by molar-refractivity contribution is -0.146. The molecule has 19 nitrogen and oxygen atoms in total. The Morgan fingerprint density at radius 2 is 1.07 bits per heavy atom. The smallest absolute Gasteiger partial charge is 0.408 e.